The van der Waals surface area contributed by atoms with Gasteiger partial charge in [-0.05, 0) is 44.6 Å². The van der Waals surface area contributed by atoms with Crippen molar-refractivity contribution in [2.24, 2.45) is 11.8 Å². The summed E-state index contributed by atoms with van der Waals surface area (Å²) in [4.78, 5) is 8.06. The molecule has 1 aliphatic rings. The van der Waals surface area contributed by atoms with Crippen LogP contribution in [-0.4, -0.2) is 22.7 Å². The van der Waals surface area contributed by atoms with E-state index in [4.69, 9.17) is 0 Å². The Morgan fingerprint density at radius 3 is 2.33 bits per heavy atom. The van der Waals surface area contributed by atoms with Crippen molar-refractivity contribution in [3.05, 3.63) is 24.3 Å². The zero-order valence-corrected chi connectivity index (χ0v) is 12.2. The smallest absolute Gasteiger partial charge is 0.310 e. The largest absolute Gasteiger partial charge is 0.391 e. The molecule has 1 fully saturated rings. The molecule has 0 aromatic carbocycles. The number of hydrogen-bond donors (Lipinski definition) is 1. The van der Waals surface area contributed by atoms with Crippen LogP contribution in [0.5, 0.6) is 0 Å². The molecule has 2 rings (SSSR count). The van der Waals surface area contributed by atoms with Gasteiger partial charge >= 0.3 is 6.18 Å². The summed E-state index contributed by atoms with van der Waals surface area (Å²) in [5.41, 5.74) is 0.974. The molecule has 0 spiro atoms. The highest BCUT2D eigenvalue weighted by Gasteiger charge is 2.42. The monoisotopic (exact) mass is 301 g/mol. The first-order valence-electron chi connectivity index (χ1n) is 7.57. The first kappa shape index (κ1) is 16.2. The second-order valence-corrected chi connectivity index (χ2v) is 5.76. The summed E-state index contributed by atoms with van der Waals surface area (Å²) in [5.74, 6) is -0.909. The van der Waals surface area contributed by atoms with Gasteiger partial charge in [0, 0.05) is 24.0 Å². The molecular weight excluding hydrogens is 279 g/mol. The molecule has 0 bridgehead atoms. The van der Waals surface area contributed by atoms with E-state index in [1.807, 2.05) is 0 Å². The Balaban J connectivity index is 2.02. The van der Waals surface area contributed by atoms with Gasteiger partial charge in [-0.25, -0.2) is 9.97 Å². The lowest BCUT2D eigenvalue weighted by atomic mass is 9.77. The Bertz CT molecular complexity index is 414. The van der Waals surface area contributed by atoms with Gasteiger partial charge in [-0.15, -0.1) is 0 Å². The number of nitrogens with one attached hydrogen (secondary N) is 1. The van der Waals surface area contributed by atoms with Crippen molar-refractivity contribution in [3.8, 4) is 0 Å². The minimum absolute atomic E-state index is 0.0559. The molecule has 0 amide bonds. The molecule has 1 N–H and O–H groups in total. The van der Waals surface area contributed by atoms with Crippen LogP contribution in [0, 0.1) is 11.8 Å². The van der Waals surface area contributed by atoms with Gasteiger partial charge in [0.05, 0.1) is 5.92 Å². The minimum atomic E-state index is -4.05. The van der Waals surface area contributed by atoms with Gasteiger partial charge in [0.25, 0.3) is 0 Å². The number of hydrogen-bond acceptors (Lipinski definition) is 3. The zero-order valence-electron chi connectivity index (χ0n) is 12.2. The minimum Gasteiger partial charge on any atom is -0.310 e. The molecule has 118 valence electrons. The molecule has 1 atom stereocenters. The van der Waals surface area contributed by atoms with Gasteiger partial charge in [0.2, 0.25) is 0 Å². The molecule has 1 aromatic heterocycles. The molecule has 1 heterocycles. The summed E-state index contributed by atoms with van der Waals surface area (Å²) in [6.07, 6.45) is 3.59. The summed E-state index contributed by atoms with van der Waals surface area (Å²) in [6.45, 7) is 2.92. The average Bonchev–Trinajstić information content (AvgIpc) is 2.48. The predicted molar refractivity (Wildman–Crippen MR) is 74.6 cm³/mol. The third kappa shape index (κ3) is 4.40. The zero-order chi connectivity index (χ0) is 15.3. The van der Waals surface area contributed by atoms with Crippen LogP contribution in [0.15, 0.2) is 18.7 Å². The van der Waals surface area contributed by atoms with Gasteiger partial charge in [0.1, 0.15) is 6.33 Å². The van der Waals surface area contributed by atoms with Crippen LogP contribution in [-0.2, 0) is 0 Å². The molecule has 1 aromatic rings. The summed E-state index contributed by atoms with van der Waals surface area (Å²) >= 11 is 0. The molecule has 0 aliphatic heterocycles. The predicted octanol–water partition coefficient (Wildman–Crippen LogP) is 3.89. The summed E-state index contributed by atoms with van der Waals surface area (Å²) < 4.78 is 38.3. The van der Waals surface area contributed by atoms with Crippen molar-refractivity contribution in [1.82, 2.24) is 15.3 Å². The second-order valence-electron chi connectivity index (χ2n) is 5.76. The lowest BCUT2D eigenvalue weighted by Gasteiger charge is -2.35. The third-order valence-corrected chi connectivity index (χ3v) is 4.26. The van der Waals surface area contributed by atoms with Crippen molar-refractivity contribution in [3.63, 3.8) is 0 Å². The van der Waals surface area contributed by atoms with E-state index in [0.717, 1.165) is 18.5 Å². The van der Waals surface area contributed by atoms with Crippen molar-refractivity contribution in [2.45, 2.75) is 51.2 Å². The van der Waals surface area contributed by atoms with Crippen LogP contribution in [0.3, 0.4) is 0 Å². The lowest BCUT2D eigenvalue weighted by molar-refractivity contribution is -0.184. The highest BCUT2D eigenvalue weighted by molar-refractivity contribution is 5.11. The number of rotatable bonds is 5. The number of aromatic nitrogens is 2. The van der Waals surface area contributed by atoms with E-state index in [1.54, 1.807) is 12.4 Å². The van der Waals surface area contributed by atoms with E-state index >= 15 is 0 Å². The van der Waals surface area contributed by atoms with Crippen molar-refractivity contribution >= 4 is 0 Å². The van der Waals surface area contributed by atoms with Crippen molar-refractivity contribution in [1.29, 1.82) is 0 Å². The van der Waals surface area contributed by atoms with Crippen LogP contribution < -0.4 is 5.32 Å². The first-order chi connectivity index (χ1) is 10.0. The standard InChI is InChI=1S/C15H22F3N3/c1-2-7-21-14(12-8-19-10-20-9-12)11-3-5-13(6-4-11)15(16,17)18/h8-11,13-14,21H,2-7H2,1H3. The molecule has 0 radical (unpaired) electrons. The molecular formula is C15H22F3N3. The normalized spacial score (nSPS) is 24.8. The summed E-state index contributed by atoms with van der Waals surface area (Å²) in [6, 6.07) is 0.0559. The SMILES string of the molecule is CCCNC(c1cncnc1)C1CCC(C(F)(F)F)CC1. The van der Waals surface area contributed by atoms with E-state index in [-0.39, 0.29) is 24.8 Å². The van der Waals surface area contributed by atoms with Crippen LogP contribution in [0.4, 0.5) is 13.2 Å². The molecule has 1 unspecified atom stereocenters. The molecule has 6 heteroatoms. The Morgan fingerprint density at radius 2 is 1.81 bits per heavy atom. The maximum absolute atomic E-state index is 12.8. The van der Waals surface area contributed by atoms with Gasteiger partial charge in [0.15, 0.2) is 0 Å². The number of halogens is 3. The van der Waals surface area contributed by atoms with Crippen molar-refractivity contribution < 1.29 is 13.2 Å². The fourth-order valence-corrected chi connectivity index (χ4v) is 3.11. The quantitative estimate of drug-likeness (QED) is 0.896. The maximum atomic E-state index is 12.8. The van der Waals surface area contributed by atoms with E-state index in [1.165, 1.54) is 6.33 Å². The molecule has 3 nitrogen and oxygen atoms in total. The highest BCUT2D eigenvalue weighted by atomic mass is 19.4. The topological polar surface area (TPSA) is 37.8 Å². The van der Waals surface area contributed by atoms with E-state index in [2.05, 4.69) is 22.2 Å². The molecule has 1 saturated carbocycles. The Hall–Kier alpha value is -1.17. The molecule has 0 saturated heterocycles. The molecule has 21 heavy (non-hydrogen) atoms. The first-order valence-corrected chi connectivity index (χ1v) is 7.57. The van der Waals surface area contributed by atoms with E-state index in [0.29, 0.717) is 12.8 Å². The Morgan fingerprint density at radius 1 is 1.19 bits per heavy atom. The summed E-state index contributed by atoms with van der Waals surface area (Å²) in [7, 11) is 0. The van der Waals surface area contributed by atoms with Gasteiger partial charge in [-0.2, -0.15) is 13.2 Å². The van der Waals surface area contributed by atoms with Crippen LogP contribution in [0.1, 0.15) is 50.6 Å². The fraction of sp³-hybridized carbons (Fsp3) is 0.733. The number of alkyl halides is 3. The summed E-state index contributed by atoms with van der Waals surface area (Å²) in [5, 5.41) is 3.45. The Kier molecular flexibility index (Phi) is 5.56. The molecule has 1 aliphatic carbocycles. The second kappa shape index (κ2) is 7.20. The van der Waals surface area contributed by atoms with Crippen LogP contribution >= 0.6 is 0 Å². The van der Waals surface area contributed by atoms with Crippen molar-refractivity contribution in [2.75, 3.05) is 6.54 Å². The number of nitrogens with zero attached hydrogens (tertiary/aromatic N) is 2. The van der Waals surface area contributed by atoms with Gasteiger partial charge in [-0.3, -0.25) is 0 Å². The Labute approximate surface area is 123 Å². The van der Waals surface area contributed by atoms with E-state index in [9.17, 15) is 13.2 Å². The highest BCUT2D eigenvalue weighted by Crippen LogP contribution is 2.42. The van der Waals surface area contributed by atoms with Crippen LogP contribution in [0.25, 0.3) is 0 Å². The maximum Gasteiger partial charge on any atom is 0.391 e. The van der Waals surface area contributed by atoms with Crippen LogP contribution in [0.2, 0.25) is 0 Å². The van der Waals surface area contributed by atoms with Gasteiger partial charge < -0.3 is 5.32 Å². The fourth-order valence-electron chi connectivity index (χ4n) is 3.11. The average molecular weight is 301 g/mol. The van der Waals surface area contributed by atoms with E-state index < -0.39 is 12.1 Å². The lowest BCUT2D eigenvalue weighted by Crippen LogP contribution is -2.34. The third-order valence-electron chi connectivity index (χ3n) is 4.26. The van der Waals surface area contributed by atoms with Gasteiger partial charge in [-0.1, -0.05) is 6.92 Å².